The molecule has 1 saturated carbocycles. The number of rotatable bonds is 3. The van der Waals surface area contributed by atoms with Gasteiger partial charge in [-0.05, 0) is 43.7 Å². The lowest BCUT2D eigenvalue weighted by molar-refractivity contribution is 0.101. The molecule has 0 bridgehead atoms. The first kappa shape index (κ1) is 15.1. The van der Waals surface area contributed by atoms with Crippen molar-refractivity contribution in [2.75, 3.05) is 11.9 Å². The maximum Gasteiger partial charge on any atom is 0.319 e. The second-order valence-electron chi connectivity index (χ2n) is 5.45. The predicted octanol–water partition coefficient (Wildman–Crippen LogP) is 3.32. The third-order valence-electron chi connectivity index (χ3n) is 3.77. The summed E-state index contributed by atoms with van der Waals surface area (Å²) in [6.07, 6.45) is 3.51. The summed E-state index contributed by atoms with van der Waals surface area (Å²) >= 11 is 6.07. The van der Waals surface area contributed by atoms with Gasteiger partial charge in [0, 0.05) is 6.54 Å². The second-order valence-corrected chi connectivity index (χ2v) is 5.86. The van der Waals surface area contributed by atoms with E-state index < -0.39 is 0 Å². The summed E-state index contributed by atoms with van der Waals surface area (Å²) in [5.74, 6) is 0.358. The van der Waals surface area contributed by atoms with E-state index in [0.717, 1.165) is 31.2 Å². The largest absolute Gasteiger partial charge is 0.393 e. The SMILES string of the molecule is Cc1cccc(Cl)c1NC(=O)NC[C@@H]1CCC[C@H](O)C1. The van der Waals surface area contributed by atoms with Crippen LogP contribution in [0.2, 0.25) is 5.02 Å². The number of aryl methyl sites for hydroxylation is 1. The van der Waals surface area contributed by atoms with Gasteiger partial charge in [-0.1, -0.05) is 30.2 Å². The van der Waals surface area contributed by atoms with Crippen LogP contribution >= 0.6 is 11.6 Å². The van der Waals surface area contributed by atoms with Gasteiger partial charge in [-0.2, -0.15) is 0 Å². The van der Waals surface area contributed by atoms with Crippen molar-refractivity contribution in [3.05, 3.63) is 28.8 Å². The van der Waals surface area contributed by atoms with Crippen LogP contribution in [0.3, 0.4) is 0 Å². The fraction of sp³-hybridized carbons (Fsp3) is 0.533. The molecular weight excluding hydrogens is 276 g/mol. The Morgan fingerprint density at radius 3 is 2.95 bits per heavy atom. The quantitative estimate of drug-likeness (QED) is 0.801. The Morgan fingerprint density at radius 1 is 1.45 bits per heavy atom. The maximum atomic E-state index is 11.9. The minimum atomic E-state index is -0.249. The summed E-state index contributed by atoms with van der Waals surface area (Å²) in [6.45, 7) is 2.49. The summed E-state index contributed by atoms with van der Waals surface area (Å²) in [5.41, 5.74) is 1.58. The number of hydrogen-bond acceptors (Lipinski definition) is 2. The molecule has 0 radical (unpaired) electrons. The van der Waals surface area contributed by atoms with E-state index >= 15 is 0 Å². The van der Waals surface area contributed by atoms with Crippen molar-refractivity contribution in [2.24, 2.45) is 5.92 Å². The molecule has 110 valence electrons. The van der Waals surface area contributed by atoms with Crippen LogP contribution in [0.1, 0.15) is 31.2 Å². The Kier molecular flexibility index (Phi) is 5.26. The van der Waals surface area contributed by atoms with Gasteiger partial charge in [-0.15, -0.1) is 0 Å². The maximum absolute atomic E-state index is 11.9. The lowest BCUT2D eigenvalue weighted by atomic mass is 9.87. The molecule has 1 aliphatic rings. The highest BCUT2D eigenvalue weighted by atomic mass is 35.5. The molecule has 1 aromatic rings. The van der Waals surface area contributed by atoms with Crippen molar-refractivity contribution in [2.45, 2.75) is 38.7 Å². The van der Waals surface area contributed by atoms with Gasteiger partial charge in [0.1, 0.15) is 0 Å². The first-order valence-electron chi connectivity index (χ1n) is 7.04. The Balaban J connectivity index is 1.83. The molecule has 2 rings (SSSR count). The minimum Gasteiger partial charge on any atom is -0.393 e. The molecule has 0 heterocycles. The average molecular weight is 297 g/mol. The van der Waals surface area contributed by atoms with Crippen molar-refractivity contribution in [1.29, 1.82) is 0 Å². The molecule has 0 spiro atoms. The van der Waals surface area contributed by atoms with E-state index in [0.29, 0.717) is 23.2 Å². The zero-order valence-electron chi connectivity index (χ0n) is 11.7. The third kappa shape index (κ3) is 4.12. The van der Waals surface area contributed by atoms with Gasteiger partial charge >= 0.3 is 6.03 Å². The van der Waals surface area contributed by atoms with Crippen molar-refractivity contribution in [1.82, 2.24) is 5.32 Å². The number of hydrogen-bond donors (Lipinski definition) is 3. The number of para-hydroxylation sites is 1. The van der Waals surface area contributed by atoms with E-state index in [1.807, 2.05) is 19.1 Å². The number of urea groups is 1. The molecule has 0 aromatic heterocycles. The van der Waals surface area contributed by atoms with Crippen molar-refractivity contribution < 1.29 is 9.90 Å². The fourth-order valence-corrected chi connectivity index (χ4v) is 2.90. The number of carbonyl (C=O) groups excluding carboxylic acids is 1. The molecule has 1 aromatic carbocycles. The molecule has 1 aliphatic carbocycles. The average Bonchev–Trinajstić information content (AvgIpc) is 2.41. The molecule has 1 fully saturated rings. The highest BCUT2D eigenvalue weighted by Gasteiger charge is 2.20. The number of carbonyl (C=O) groups is 1. The lowest BCUT2D eigenvalue weighted by Gasteiger charge is -2.26. The summed E-state index contributed by atoms with van der Waals surface area (Å²) < 4.78 is 0. The Morgan fingerprint density at radius 2 is 2.25 bits per heavy atom. The summed E-state index contributed by atoms with van der Waals surface area (Å²) in [6, 6.07) is 5.26. The number of anilines is 1. The van der Waals surface area contributed by atoms with Crippen LogP contribution < -0.4 is 10.6 Å². The molecule has 0 unspecified atom stereocenters. The van der Waals surface area contributed by atoms with E-state index in [4.69, 9.17) is 11.6 Å². The van der Waals surface area contributed by atoms with Crippen LogP contribution in [0.25, 0.3) is 0 Å². The van der Waals surface area contributed by atoms with Gasteiger partial charge < -0.3 is 15.7 Å². The molecule has 0 saturated heterocycles. The standard InChI is InChI=1S/C15H21ClN2O2/c1-10-4-2-7-13(16)14(10)18-15(20)17-9-11-5-3-6-12(19)8-11/h2,4,7,11-12,19H,3,5-6,8-9H2,1H3,(H2,17,18,20)/t11-,12+/m1/s1. The first-order chi connectivity index (χ1) is 9.56. The Labute approximate surface area is 124 Å². The number of aliphatic hydroxyl groups is 1. The van der Waals surface area contributed by atoms with Gasteiger partial charge in [0.15, 0.2) is 0 Å². The number of nitrogens with one attached hydrogen (secondary N) is 2. The third-order valence-corrected chi connectivity index (χ3v) is 4.08. The van der Waals surface area contributed by atoms with Gasteiger partial charge in [-0.3, -0.25) is 0 Å². The van der Waals surface area contributed by atoms with Crippen LogP contribution in [-0.2, 0) is 0 Å². The molecule has 4 nitrogen and oxygen atoms in total. The number of amides is 2. The van der Waals surface area contributed by atoms with E-state index in [2.05, 4.69) is 10.6 Å². The first-order valence-corrected chi connectivity index (χ1v) is 7.42. The van der Waals surface area contributed by atoms with Crippen LogP contribution in [-0.4, -0.2) is 23.8 Å². The van der Waals surface area contributed by atoms with E-state index in [-0.39, 0.29) is 12.1 Å². The molecule has 0 aliphatic heterocycles. The molecular formula is C15H21ClN2O2. The highest BCUT2D eigenvalue weighted by Crippen LogP contribution is 2.25. The fourth-order valence-electron chi connectivity index (χ4n) is 2.63. The van der Waals surface area contributed by atoms with E-state index in [1.165, 1.54) is 0 Å². The van der Waals surface area contributed by atoms with Crippen LogP contribution in [0.15, 0.2) is 18.2 Å². The van der Waals surface area contributed by atoms with Crippen molar-refractivity contribution in [3.63, 3.8) is 0 Å². The summed E-state index contributed by atoms with van der Waals surface area (Å²) in [4.78, 5) is 11.9. The normalized spacial score (nSPS) is 22.4. The number of benzene rings is 1. The van der Waals surface area contributed by atoms with Gasteiger partial charge in [0.2, 0.25) is 0 Å². The lowest BCUT2D eigenvalue weighted by Crippen LogP contribution is -2.35. The van der Waals surface area contributed by atoms with Crippen molar-refractivity contribution >= 4 is 23.3 Å². The molecule has 20 heavy (non-hydrogen) atoms. The Bertz CT molecular complexity index is 459. The Hall–Kier alpha value is -1.26. The molecule has 2 atom stereocenters. The van der Waals surface area contributed by atoms with Crippen LogP contribution in [0.4, 0.5) is 10.5 Å². The number of aliphatic hydroxyl groups excluding tert-OH is 1. The number of halogens is 1. The summed E-state index contributed by atoms with van der Waals surface area (Å²) in [7, 11) is 0. The minimum absolute atomic E-state index is 0.218. The second kappa shape index (κ2) is 6.95. The predicted molar refractivity (Wildman–Crippen MR) is 81.2 cm³/mol. The smallest absolute Gasteiger partial charge is 0.319 e. The van der Waals surface area contributed by atoms with Crippen molar-refractivity contribution in [3.8, 4) is 0 Å². The highest BCUT2D eigenvalue weighted by molar-refractivity contribution is 6.33. The summed E-state index contributed by atoms with van der Waals surface area (Å²) in [5, 5.41) is 15.8. The van der Waals surface area contributed by atoms with Crippen LogP contribution in [0.5, 0.6) is 0 Å². The molecule has 5 heteroatoms. The molecule has 2 amide bonds. The molecule has 3 N–H and O–H groups in total. The van der Waals surface area contributed by atoms with E-state index in [1.54, 1.807) is 6.07 Å². The van der Waals surface area contributed by atoms with E-state index in [9.17, 15) is 9.90 Å². The monoisotopic (exact) mass is 296 g/mol. The van der Waals surface area contributed by atoms with Gasteiger partial charge in [-0.25, -0.2) is 4.79 Å². The zero-order chi connectivity index (χ0) is 14.5. The zero-order valence-corrected chi connectivity index (χ0v) is 12.4. The topological polar surface area (TPSA) is 61.4 Å². The van der Waals surface area contributed by atoms with Gasteiger partial charge in [0.05, 0.1) is 16.8 Å². The van der Waals surface area contributed by atoms with Crippen LogP contribution in [0, 0.1) is 12.8 Å². The van der Waals surface area contributed by atoms with Gasteiger partial charge in [0.25, 0.3) is 0 Å².